The molecule has 0 fully saturated rings. The van der Waals surface area contributed by atoms with Crippen LogP contribution in [0.5, 0.6) is 0 Å². The van der Waals surface area contributed by atoms with Gasteiger partial charge in [-0.25, -0.2) is 0 Å². The van der Waals surface area contributed by atoms with Gasteiger partial charge in [0, 0.05) is 10.0 Å². The highest BCUT2D eigenvalue weighted by molar-refractivity contribution is 14.1. The minimum absolute atomic E-state index is 0.329. The summed E-state index contributed by atoms with van der Waals surface area (Å²) in [5.41, 5.74) is 0.818. The van der Waals surface area contributed by atoms with Gasteiger partial charge in [-0.05, 0) is 22.6 Å². The predicted molar refractivity (Wildman–Crippen MR) is 65.7 cm³/mol. The van der Waals surface area contributed by atoms with Gasteiger partial charge in [-0.1, -0.05) is 51.9 Å². The van der Waals surface area contributed by atoms with Crippen molar-refractivity contribution in [2.45, 2.75) is 6.42 Å². The predicted octanol–water partition coefficient (Wildman–Crippen LogP) is 4.11. The normalized spacial score (nSPS) is 8.23. The molecule has 0 unspecified atom stereocenters. The molecule has 0 heterocycles. The fourth-order valence-electron chi connectivity index (χ4n) is 0.750. The third-order valence-electron chi connectivity index (χ3n) is 1.28. The molecule has 0 atom stereocenters. The molecule has 4 heteroatoms. The third-order valence-corrected chi connectivity index (χ3v) is 1.87. The number of hydrogen-bond acceptors (Lipinski definition) is 1. The number of rotatable bonds is 1. The summed E-state index contributed by atoms with van der Waals surface area (Å²) in [6, 6.07) is 7.13. The van der Waals surface area contributed by atoms with Gasteiger partial charge >= 0.3 is 0 Å². The molecule has 0 spiro atoms. The molecule has 70 valence electrons. The van der Waals surface area contributed by atoms with E-state index in [1.807, 2.05) is 11.0 Å². The van der Waals surface area contributed by atoms with E-state index < -0.39 is 0 Å². The van der Waals surface area contributed by atoms with Crippen LogP contribution in [0.25, 0.3) is 0 Å². The smallest absolute Gasteiger partial charge is 0.0670 e. The van der Waals surface area contributed by atoms with Crippen molar-refractivity contribution in [3.8, 4) is 6.07 Å². The highest BCUT2D eigenvalue weighted by Crippen LogP contribution is 2.20. The lowest BCUT2D eigenvalue weighted by Gasteiger charge is -1.97. The fourth-order valence-corrected chi connectivity index (χ4v) is 1.23. The van der Waals surface area contributed by atoms with Crippen molar-refractivity contribution in [1.82, 2.24) is 0 Å². The quantitative estimate of drug-likeness (QED) is 0.562. The van der Waals surface area contributed by atoms with Gasteiger partial charge < -0.3 is 0 Å². The Labute approximate surface area is 102 Å². The summed E-state index contributed by atoms with van der Waals surface area (Å²) in [5, 5.41) is 9.52. The molecule has 0 aliphatic heterocycles. The number of hydrogen-bond donors (Lipinski definition) is 0. The van der Waals surface area contributed by atoms with Crippen molar-refractivity contribution in [3.05, 3.63) is 33.8 Å². The second-order valence-electron chi connectivity index (χ2n) is 2.07. The van der Waals surface area contributed by atoms with Crippen molar-refractivity contribution < 1.29 is 0 Å². The zero-order valence-corrected chi connectivity index (χ0v) is 10.7. The molecule has 0 aromatic heterocycles. The van der Waals surface area contributed by atoms with Gasteiger partial charge in [0.2, 0.25) is 0 Å². The van der Waals surface area contributed by atoms with E-state index in [4.69, 9.17) is 28.5 Å². The van der Waals surface area contributed by atoms with Gasteiger partial charge in [0.05, 0.1) is 12.5 Å². The molecule has 1 nitrogen and oxygen atoms in total. The molecular formula is C9H8Cl2IN. The molecule has 0 N–H and O–H groups in total. The maximum Gasteiger partial charge on any atom is 0.0670 e. The molecular weight excluding hydrogens is 320 g/mol. The van der Waals surface area contributed by atoms with Gasteiger partial charge in [0.25, 0.3) is 0 Å². The largest absolute Gasteiger partial charge is 0.198 e. The number of nitriles is 1. The summed E-state index contributed by atoms with van der Waals surface area (Å²) in [4.78, 5) is 1.97. The Kier molecular flexibility index (Phi) is 7.44. The molecule has 1 rings (SSSR count). The van der Waals surface area contributed by atoms with E-state index in [-0.39, 0.29) is 0 Å². The molecule has 13 heavy (non-hydrogen) atoms. The molecule has 0 saturated carbocycles. The molecule has 0 saturated heterocycles. The van der Waals surface area contributed by atoms with E-state index in [0.717, 1.165) is 5.56 Å². The summed E-state index contributed by atoms with van der Waals surface area (Å²) in [6.07, 6.45) is 0.329. The molecule has 0 bridgehead atoms. The zero-order valence-electron chi connectivity index (χ0n) is 7.02. The van der Waals surface area contributed by atoms with Crippen LogP contribution in [-0.2, 0) is 6.42 Å². The number of nitrogens with zero attached hydrogens (tertiary/aromatic N) is 1. The third kappa shape index (κ3) is 4.70. The van der Waals surface area contributed by atoms with Crippen LogP contribution in [0.4, 0.5) is 0 Å². The average molecular weight is 328 g/mol. The SMILES string of the molecule is CI.N#CCc1ccc(Cl)cc1Cl. The molecule has 0 aliphatic carbocycles. The second-order valence-corrected chi connectivity index (χ2v) is 2.91. The van der Waals surface area contributed by atoms with Crippen LogP contribution in [0.1, 0.15) is 5.56 Å². The Morgan fingerprint density at radius 3 is 2.46 bits per heavy atom. The molecule has 0 aliphatic rings. The zero-order chi connectivity index (χ0) is 10.3. The van der Waals surface area contributed by atoms with Gasteiger partial charge in [-0.2, -0.15) is 5.26 Å². The van der Waals surface area contributed by atoms with E-state index in [1.54, 1.807) is 18.2 Å². The van der Waals surface area contributed by atoms with Crippen LogP contribution in [0.3, 0.4) is 0 Å². The summed E-state index contributed by atoms with van der Waals surface area (Å²) >= 11 is 13.6. The minimum Gasteiger partial charge on any atom is -0.198 e. The molecule has 0 amide bonds. The van der Waals surface area contributed by atoms with Crippen molar-refractivity contribution in [2.75, 3.05) is 4.93 Å². The summed E-state index contributed by atoms with van der Waals surface area (Å²) in [5.74, 6) is 0. The lowest BCUT2D eigenvalue weighted by atomic mass is 10.2. The van der Waals surface area contributed by atoms with Crippen LogP contribution in [0.2, 0.25) is 10.0 Å². The van der Waals surface area contributed by atoms with Crippen LogP contribution >= 0.6 is 45.8 Å². The van der Waals surface area contributed by atoms with E-state index in [9.17, 15) is 0 Å². The summed E-state index contributed by atoms with van der Waals surface area (Å²) < 4.78 is 0. The van der Waals surface area contributed by atoms with Crippen molar-refractivity contribution in [3.63, 3.8) is 0 Å². The number of alkyl halides is 1. The van der Waals surface area contributed by atoms with Crippen molar-refractivity contribution in [2.24, 2.45) is 0 Å². The number of halogens is 3. The number of benzene rings is 1. The topological polar surface area (TPSA) is 23.8 Å². The first-order valence-corrected chi connectivity index (χ1v) is 6.34. The van der Waals surface area contributed by atoms with E-state index in [2.05, 4.69) is 22.6 Å². The molecule has 1 aromatic carbocycles. The van der Waals surface area contributed by atoms with Crippen molar-refractivity contribution >= 4 is 45.8 Å². The first-order valence-electron chi connectivity index (χ1n) is 3.42. The van der Waals surface area contributed by atoms with Gasteiger partial charge in [0.1, 0.15) is 0 Å². The van der Waals surface area contributed by atoms with Gasteiger partial charge in [0.15, 0.2) is 0 Å². The van der Waals surface area contributed by atoms with Crippen molar-refractivity contribution in [1.29, 1.82) is 5.26 Å². The van der Waals surface area contributed by atoms with E-state index in [0.29, 0.717) is 16.5 Å². The minimum atomic E-state index is 0.329. The Balaban J connectivity index is 0.000000671. The van der Waals surface area contributed by atoms with Crippen LogP contribution in [-0.4, -0.2) is 4.93 Å². The summed E-state index contributed by atoms with van der Waals surface area (Å²) in [6.45, 7) is 0. The van der Waals surface area contributed by atoms with Crippen LogP contribution < -0.4 is 0 Å². The molecule has 0 radical (unpaired) electrons. The summed E-state index contributed by atoms with van der Waals surface area (Å²) in [7, 11) is 0. The Morgan fingerprint density at radius 1 is 1.38 bits per heavy atom. The van der Waals surface area contributed by atoms with Gasteiger partial charge in [-0.15, -0.1) is 0 Å². The van der Waals surface area contributed by atoms with Crippen LogP contribution in [0, 0.1) is 11.3 Å². The lowest BCUT2D eigenvalue weighted by Crippen LogP contribution is -1.81. The van der Waals surface area contributed by atoms with E-state index >= 15 is 0 Å². The first-order chi connectivity index (χ1) is 6.24. The Bertz CT molecular complexity index is 307. The monoisotopic (exact) mass is 327 g/mol. The standard InChI is InChI=1S/C8H5Cl2N.CH3I/c9-7-2-1-6(3-4-11)8(10)5-7;1-2/h1-2,5H,3H2;1H3. The first kappa shape index (κ1) is 13.0. The highest BCUT2D eigenvalue weighted by Gasteiger charge is 1.98. The Hall–Kier alpha value is 0.0200. The average Bonchev–Trinajstić information content (AvgIpc) is 2.14. The Morgan fingerprint density at radius 2 is 2.00 bits per heavy atom. The van der Waals surface area contributed by atoms with E-state index in [1.165, 1.54) is 0 Å². The highest BCUT2D eigenvalue weighted by atomic mass is 127. The second kappa shape index (κ2) is 7.43. The fraction of sp³-hybridized carbons (Fsp3) is 0.222. The maximum absolute atomic E-state index is 8.37. The maximum atomic E-state index is 8.37. The lowest BCUT2D eigenvalue weighted by molar-refractivity contribution is 1.26. The molecule has 1 aromatic rings. The van der Waals surface area contributed by atoms with Gasteiger partial charge in [-0.3, -0.25) is 0 Å². The van der Waals surface area contributed by atoms with Crippen LogP contribution in [0.15, 0.2) is 18.2 Å².